The fourth-order valence-corrected chi connectivity index (χ4v) is 4.24. The molecule has 3 aromatic heterocycles. The van der Waals surface area contributed by atoms with Crippen LogP contribution in [0.3, 0.4) is 0 Å². The van der Waals surface area contributed by atoms with Gasteiger partial charge in [0.25, 0.3) is 0 Å². The Morgan fingerprint density at radius 1 is 1.17 bits per heavy atom. The number of hydrogen-bond acceptors (Lipinski definition) is 6. The van der Waals surface area contributed by atoms with E-state index in [9.17, 15) is 13.2 Å². The molecule has 5 nitrogen and oxygen atoms in total. The van der Waals surface area contributed by atoms with Crippen LogP contribution in [0.15, 0.2) is 41.8 Å². The van der Waals surface area contributed by atoms with Crippen LogP contribution in [0.5, 0.6) is 0 Å². The van der Waals surface area contributed by atoms with Gasteiger partial charge in [-0.2, -0.15) is 18.3 Å². The van der Waals surface area contributed by atoms with E-state index in [0.29, 0.717) is 17.8 Å². The first-order valence-corrected chi connectivity index (χ1v) is 9.97. The predicted octanol–water partition coefficient (Wildman–Crippen LogP) is 4.77. The SMILES string of the molecule is Cc1nc(-c2cccnc2)sc1-c1ccc2c(n1)/C(=N/NCC(F)(F)F)CCC2. The monoisotopic (exact) mass is 417 g/mol. The Balaban J connectivity index is 1.67. The average Bonchev–Trinajstić information content (AvgIpc) is 3.09. The lowest BCUT2D eigenvalue weighted by molar-refractivity contribution is -0.124. The molecule has 0 saturated heterocycles. The molecule has 0 fully saturated rings. The van der Waals surface area contributed by atoms with Gasteiger partial charge in [0, 0.05) is 18.0 Å². The number of nitrogens with one attached hydrogen (secondary N) is 1. The maximum absolute atomic E-state index is 12.4. The quantitative estimate of drug-likeness (QED) is 0.622. The number of alkyl halides is 3. The zero-order valence-corrected chi connectivity index (χ0v) is 16.4. The number of nitrogens with zero attached hydrogens (tertiary/aromatic N) is 4. The van der Waals surface area contributed by atoms with Crippen molar-refractivity contribution < 1.29 is 13.2 Å². The van der Waals surface area contributed by atoms with Crippen LogP contribution in [0.1, 0.15) is 29.8 Å². The highest BCUT2D eigenvalue weighted by Gasteiger charge is 2.27. The van der Waals surface area contributed by atoms with Crippen LogP contribution in [0.4, 0.5) is 13.2 Å². The van der Waals surface area contributed by atoms with E-state index in [0.717, 1.165) is 45.2 Å². The number of hydrazone groups is 1. The first kappa shape index (κ1) is 19.5. The molecule has 0 bridgehead atoms. The Morgan fingerprint density at radius 2 is 2.03 bits per heavy atom. The molecule has 9 heteroatoms. The summed E-state index contributed by atoms with van der Waals surface area (Å²) in [6.45, 7) is 0.765. The topological polar surface area (TPSA) is 63.1 Å². The van der Waals surface area contributed by atoms with Crippen LogP contribution in [0, 0.1) is 6.92 Å². The summed E-state index contributed by atoms with van der Waals surface area (Å²) in [5, 5.41) is 4.84. The lowest BCUT2D eigenvalue weighted by atomic mass is 9.94. The van der Waals surface area contributed by atoms with E-state index < -0.39 is 12.7 Å². The van der Waals surface area contributed by atoms with Gasteiger partial charge in [0.05, 0.1) is 27.7 Å². The van der Waals surface area contributed by atoms with Gasteiger partial charge < -0.3 is 5.43 Å². The second kappa shape index (κ2) is 7.90. The van der Waals surface area contributed by atoms with E-state index in [1.165, 1.54) is 11.3 Å². The minimum atomic E-state index is -4.31. The smallest absolute Gasteiger partial charge is 0.301 e. The van der Waals surface area contributed by atoms with Crippen LogP contribution in [0.2, 0.25) is 0 Å². The normalized spacial score (nSPS) is 15.4. The molecular formula is C20H18F3N5S. The number of thiazole rings is 1. The van der Waals surface area contributed by atoms with Crippen LogP contribution in [-0.2, 0) is 6.42 Å². The summed E-state index contributed by atoms with van der Waals surface area (Å²) < 4.78 is 37.3. The van der Waals surface area contributed by atoms with Crippen molar-refractivity contribution in [1.29, 1.82) is 0 Å². The summed E-state index contributed by atoms with van der Waals surface area (Å²) in [6.07, 6.45) is 1.44. The molecule has 1 aliphatic rings. The molecule has 0 radical (unpaired) electrons. The Labute approximate surface area is 169 Å². The lowest BCUT2D eigenvalue weighted by Crippen LogP contribution is -2.27. The van der Waals surface area contributed by atoms with Gasteiger partial charge >= 0.3 is 6.18 Å². The first-order chi connectivity index (χ1) is 13.9. The van der Waals surface area contributed by atoms with Crippen molar-refractivity contribution in [3.8, 4) is 21.1 Å². The molecule has 3 heterocycles. The highest BCUT2D eigenvalue weighted by molar-refractivity contribution is 7.18. The molecule has 0 unspecified atom stereocenters. The molecule has 1 N–H and O–H groups in total. The number of aromatic nitrogens is 3. The first-order valence-electron chi connectivity index (χ1n) is 9.15. The van der Waals surface area contributed by atoms with E-state index in [1.807, 2.05) is 31.2 Å². The molecular weight excluding hydrogens is 399 g/mol. The molecule has 150 valence electrons. The molecule has 0 aliphatic heterocycles. The highest BCUT2D eigenvalue weighted by atomic mass is 32.1. The molecule has 1 aliphatic carbocycles. The van der Waals surface area contributed by atoms with Crippen molar-refractivity contribution in [2.45, 2.75) is 32.4 Å². The van der Waals surface area contributed by atoms with E-state index >= 15 is 0 Å². The van der Waals surface area contributed by atoms with Crippen LogP contribution < -0.4 is 5.43 Å². The zero-order valence-electron chi connectivity index (χ0n) is 15.6. The molecule has 3 aromatic rings. The minimum absolute atomic E-state index is 0.562. The van der Waals surface area contributed by atoms with E-state index in [-0.39, 0.29) is 0 Å². The molecule has 0 amide bonds. The molecule has 0 atom stereocenters. The molecule has 4 rings (SSSR count). The summed E-state index contributed by atoms with van der Waals surface area (Å²) in [6, 6.07) is 7.74. The molecule has 0 aromatic carbocycles. The van der Waals surface area contributed by atoms with Gasteiger partial charge in [-0.15, -0.1) is 11.3 Å². The summed E-state index contributed by atoms with van der Waals surface area (Å²) in [5.74, 6) is 0. The largest absolute Gasteiger partial charge is 0.407 e. The summed E-state index contributed by atoms with van der Waals surface area (Å²) >= 11 is 1.52. The summed E-state index contributed by atoms with van der Waals surface area (Å²) in [5.41, 5.74) is 6.90. The fourth-order valence-electron chi connectivity index (χ4n) is 3.21. The standard InChI is InChI=1S/C20H18F3N5S/c1-12-18(29-19(26-12)14-5-3-9-24-10-14)16-8-7-13-4-2-6-15(17(13)27-16)28-25-11-20(21,22)23/h3,5,7-10,25H,2,4,6,11H2,1H3/b28-15+. The molecule has 0 spiro atoms. The second-order valence-electron chi connectivity index (χ2n) is 6.74. The Hall–Kier alpha value is -2.81. The van der Waals surface area contributed by atoms with E-state index in [1.54, 1.807) is 12.4 Å². The number of pyridine rings is 2. The van der Waals surface area contributed by atoms with Gasteiger partial charge in [0.2, 0.25) is 0 Å². The van der Waals surface area contributed by atoms with E-state index in [2.05, 4.69) is 20.5 Å². The van der Waals surface area contributed by atoms with Gasteiger partial charge in [-0.3, -0.25) is 4.98 Å². The molecule has 0 saturated carbocycles. The number of hydrogen-bond donors (Lipinski definition) is 1. The average molecular weight is 417 g/mol. The summed E-state index contributed by atoms with van der Waals surface area (Å²) in [7, 11) is 0. The lowest BCUT2D eigenvalue weighted by Gasteiger charge is -2.18. The zero-order chi connectivity index (χ0) is 20.4. The van der Waals surface area contributed by atoms with Crippen molar-refractivity contribution in [2.24, 2.45) is 5.10 Å². The Morgan fingerprint density at radius 3 is 2.79 bits per heavy atom. The number of halogens is 3. The minimum Gasteiger partial charge on any atom is -0.301 e. The Bertz CT molecular complexity index is 1040. The van der Waals surface area contributed by atoms with Crippen molar-refractivity contribution in [2.75, 3.05) is 6.54 Å². The van der Waals surface area contributed by atoms with Crippen molar-refractivity contribution in [3.05, 3.63) is 53.6 Å². The third-order valence-corrected chi connectivity index (χ3v) is 5.77. The fraction of sp³-hybridized carbons (Fsp3) is 0.300. The van der Waals surface area contributed by atoms with E-state index in [4.69, 9.17) is 4.98 Å². The van der Waals surface area contributed by atoms with Gasteiger partial charge in [-0.1, -0.05) is 6.07 Å². The Kier molecular flexibility index (Phi) is 5.31. The second-order valence-corrected chi connectivity index (χ2v) is 7.74. The van der Waals surface area contributed by atoms with Gasteiger partial charge in [-0.25, -0.2) is 9.97 Å². The number of aryl methyl sites for hydroxylation is 2. The highest BCUT2D eigenvalue weighted by Crippen LogP contribution is 2.35. The van der Waals surface area contributed by atoms with Crippen molar-refractivity contribution in [3.63, 3.8) is 0 Å². The van der Waals surface area contributed by atoms with Crippen LogP contribution in [-0.4, -0.2) is 33.4 Å². The predicted molar refractivity (Wildman–Crippen MR) is 107 cm³/mol. The van der Waals surface area contributed by atoms with Gasteiger partial charge in [0.15, 0.2) is 0 Å². The van der Waals surface area contributed by atoms with Crippen molar-refractivity contribution in [1.82, 2.24) is 20.4 Å². The van der Waals surface area contributed by atoms with Crippen molar-refractivity contribution >= 4 is 17.0 Å². The third kappa shape index (κ3) is 4.45. The van der Waals surface area contributed by atoms with Gasteiger partial charge in [-0.05, 0) is 49.9 Å². The van der Waals surface area contributed by atoms with Crippen LogP contribution >= 0.6 is 11.3 Å². The summed E-state index contributed by atoms with van der Waals surface area (Å²) in [4.78, 5) is 14.5. The third-order valence-electron chi connectivity index (χ3n) is 4.54. The van der Waals surface area contributed by atoms with Gasteiger partial charge in [0.1, 0.15) is 11.6 Å². The maximum Gasteiger partial charge on any atom is 0.407 e. The molecule has 29 heavy (non-hydrogen) atoms. The maximum atomic E-state index is 12.4. The number of fused-ring (bicyclic) bond motifs is 1. The van der Waals surface area contributed by atoms with Crippen LogP contribution in [0.25, 0.3) is 21.1 Å². The number of rotatable bonds is 4.